The van der Waals surface area contributed by atoms with Crippen molar-refractivity contribution < 1.29 is 9.84 Å². The van der Waals surface area contributed by atoms with Crippen molar-refractivity contribution in [2.75, 3.05) is 38.3 Å². The fraction of sp³-hybridized carbons (Fsp3) is 0.667. The van der Waals surface area contributed by atoms with Crippen molar-refractivity contribution in [3.05, 3.63) is 24.4 Å². The highest BCUT2D eigenvalue weighted by Gasteiger charge is 2.19. The van der Waals surface area contributed by atoms with E-state index in [4.69, 9.17) is 4.74 Å². The first-order valence-corrected chi connectivity index (χ1v) is 7.36. The van der Waals surface area contributed by atoms with E-state index in [9.17, 15) is 5.11 Å². The van der Waals surface area contributed by atoms with Crippen molar-refractivity contribution in [1.82, 2.24) is 10.3 Å². The number of pyridine rings is 1. The summed E-state index contributed by atoms with van der Waals surface area (Å²) in [6.07, 6.45) is 4.47. The number of aromatic nitrogens is 1. The second-order valence-electron chi connectivity index (χ2n) is 5.30. The molecule has 0 spiro atoms. The van der Waals surface area contributed by atoms with E-state index in [-0.39, 0.29) is 6.10 Å². The van der Waals surface area contributed by atoms with Gasteiger partial charge in [-0.05, 0) is 37.9 Å². The van der Waals surface area contributed by atoms with Gasteiger partial charge in [0.15, 0.2) is 0 Å². The molecule has 1 aliphatic rings. The summed E-state index contributed by atoms with van der Waals surface area (Å²) >= 11 is 0. The third-order valence-corrected chi connectivity index (χ3v) is 3.74. The fourth-order valence-corrected chi connectivity index (χ4v) is 2.58. The number of rotatable bonds is 7. The van der Waals surface area contributed by atoms with Crippen LogP contribution in [0.2, 0.25) is 0 Å². The SMILES string of the molecule is COCC(O)CCNC1CCN(c2ccccn2)CC1. The largest absolute Gasteiger partial charge is 0.391 e. The number of nitrogens with one attached hydrogen (secondary N) is 1. The third kappa shape index (κ3) is 4.74. The fourth-order valence-electron chi connectivity index (χ4n) is 2.58. The smallest absolute Gasteiger partial charge is 0.128 e. The van der Waals surface area contributed by atoms with Crippen molar-refractivity contribution in [3.8, 4) is 0 Å². The number of piperidine rings is 1. The highest BCUT2D eigenvalue weighted by atomic mass is 16.5. The Kier molecular flexibility index (Phi) is 6.24. The van der Waals surface area contributed by atoms with E-state index in [2.05, 4.69) is 21.3 Å². The van der Waals surface area contributed by atoms with Gasteiger partial charge in [-0.25, -0.2) is 4.98 Å². The predicted molar refractivity (Wildman–Crippen MR) is 80.0 cm³/mol. The number of aliphatic hydroxyl groups is 1. The average molecular weight is 279 g/mol. The molecule has 0 bridgehead atoms. The molecule has 1 saturated heterocycles. The molecular formula is C15H25N3O2. The number of nitrogens with zero attached hydrogens (tertiary/aromatic N) is 2. The summed E-state index contributed by atoms with van der Waals surface area (Å²) < 4.78 is 4.92. The van der Waals surface area contributed by atoms with Crippen LogP contribution in [0.4, 0.5) is 5.82 Å². The van der Waals surface area contributed by atoms with Crippen molar-refractivity contribution >= 4 is 5.82 Å². The Labute approximate surface area is 121 Å². The summed E-state index contributed by atoms with van der Waals surface area (Å²) in [7, 11) is 1.62. The Bertz CT molecular complexity index is 367. The number of methoxy groups -OCH3 is 1. The van der Waals surface area contributed by atoms with Crippen LogP contribution in [0.5, 0.6) is 0 Å². The van der Waals surface area contributed by atoms with Gasteiger partial charge in [0.1, 0.15) is 5.82 Å². The van der Waals surface area contributed by atoms with E-state index in [0.717, 1.165) is 44.7 Å². The van der Waals surface area contributed by atoms with E-state index in [1.165, 1.54) is 0 Å². The zero-order valence-corrected chi connectivity index (χ0v) is 12.2. The van der Waals surface area contributed by atoms with Crippen molar-refractivity contribution in [2.45, 2.75) is 31.4 Å². The number of anilines is 1. The first-order chi connectivity index (χ1) is 9.79. The first-order valence-electron chi connectivity index (χ1n) is 7.36. The van der Waals surface area contributed by atoms with E-state index >= 15 is 0 Å². The molecule has 5 heteroatoms. The molecule has 20 heavy (non-hydrogen) atoms. The minimum Gasteiger partial charge on any atom is -0.391 e. The van der Waals surface area contributed by atoms with Crippen LogP contribution in [0.15, 0.2) is 24.4 Å². The van der Waals surface area contributed by atoms with Gasteiger partial charge in [-0.15, -0.1) is 0 Å². The molecule has 2 rings (SSSR count). The average Bonchev–Trinajstić information content (AvgIpc) is 2.49. The van der Waals surface area contributed by atoms with Gasteiger partial charge in [0.25, 0.3) is 0 Å². The second kappa shape index (κ2) is 8.19. The highest BCUT2D eigenvalue weighted by Crippen LogP contribution is 2.17. The summed E-state index contributed by atoms with van der Waals surface area (Å²) in [5.74, 6) is 1.07. The van der Waals surface area contributed by atoms with Crippen LogP contribution in [0.1, 0.15) is 19.3 Å². The Morgan fingerprint density at radius 2 is 2.25 bits per heavy atom. The van der Waals surface area contributed by atoms with Gasteiger partial charge in [-0.3, -0.25) is 0 Å². The third-order valence-electron chi connectivity index (χ3n) is 3.74. The topological polar surface area (TPSA) is 57.6 Å². The molecule has 0 aromatic carbocycles. The highest BCUT2D eigenvalue weighted by molar-refractivity contribution is 5.38. The van der Waals surface area contributed by atoms with Crippen molar-refractivity contribution in [2.24, 2.45) is 0 Å². The van der Waals surface area contributed by atoms with Crippen molar-refractivity contribution in [3.63, 3.8) is 0 Å². The van der Waals surface area contributed by atoms with E-state index < -0.39 is 0 Å². The lowest BCUT2D eigenvalue weighted by Gasteiger charge is -2.33. The normalized spacial score (nSPS) is 18.2. The molecule has 1 atom stereocenters. The molecule has 0 saturated carbocycles. The Balaban J connectivity index is 1.65. The summed E-state index contributed by atoms with van der Waals surface area (Å²) in [5, 5.41) is 13.1. The quantitative estimate of drug-likeness (QED) is 0.781. The zero-order valence-electron chi connectivity index (χ0n) is 12.2. The molecule has 1 unspecified atom stereocenters. The van der Waals surface area contributed by atoms with Crippen LogP contribution in [0.25, 0.3) is 0 Å². The van der Waals surface area contributed by atoms with Crippen LogP contribution in [0, 0.1) is 0 Å². The minimum atomic E-state index is -0.360. The molecule has 1 fully saturated rings. The Morgan fingerprint density at radius 1 is 1.45 bits per heavy atom. The maximum atomic E-state index is 9.59. The van der Waals surface area contributed by atoms with Gasteiger partial charge in [0.05, 0.1) is 12.7 Å². The zero-order chi connectivity index (χ0) is 14.2. The lowest BCUT2D eigenvalue weighted by atomic mass is 10.0. The summed E-state index contributed by atoms with van der Waals surface area (Å²) in [6, 6.07) is 6.59. The molecule has 112 valence electrons. The monoisotopic (exact) mass is 279 g/mol. The molecular weight excluding hydrogens is 254 g/mol. The van der Waals surface area contributed by atoms with E-state index in [1.54, 1.807) is 7.11 Å². The maximum Gasteiger partial charge on any atom is 0.128 e. The number of aliphatic hydroxyl groups excluding tert-OH is 1. The molecule has 1 aromatic rings. The second-order valence-corrected chi connectivity index (χ2v) is 5.30. The molecule has 2 heterocycles. The Morgan fingerprint density at radius 3 is 2.90 bits per heavy atom. The molecule has 5 nitrogen and oxygen atoms in total. The van der Waals surface area contributed by atoms with E-state index in [0.29, 0.717) is 12.6 Å². The molecule has 0 amide bonds. The van der Waals surface area contributed by atoms with Crippen LogP contribution in [-0.2, 0) is 4.74 Å². The molecule has 0 radical (unpaired) electrons. The van der Waals surface area contributed by atoms with Crippen LogP contribution >= 0.6 is 0 Å². The maximum absolute atomic E-state index is 9.59. The lowest BCUT2D eigenvalue weighted by Crippen LogP contribution is -2.43. The summed E-state index contributed by atoms with van der Waals surface area (Å²) in [5.41, 5.74) is 0. The molecule has 0 aliphatic carbocycles. The van der Waals surface area contributed by atoms with Crippen LogP contribution in [0.3, 0.4) is 0 Å². The van der Waals surface area contributed by atoms with Gasteiger partial charge in [-0.1, -0.05) is 6.07 Å². The molecule has 2 N–H and O–H groups in total. The number of hydrogen-bond donors (Lipinski definition) is 2. The van der Waals surface area contributed by atoms with Gasteiger partial charge in [0, 0.05) is 32.4 Å². The minimum absolute atomic E-state index is 0.360. The standard InChI is InChI=1S/C15H25N3O2/c1-20-12-14(19)5-9-16-13-6-10-18(11-7-13)15-4-2-3-8-17-15/h2-4,8,13-14,16,19H,5-7,9-12H2,1H3. The van der Waals surface area contributed by atoms with Gasteiger partial charge in [-0.2, -0.15) is 0 Å². The lowest BCUT2D eigenvalue weighted by molar-refractivity contribution is 0.0588. The van der Waals surface area contributed by atoms with E-state index in [1.807, 2.05) is 18.3 Å². The number of hydrogen-bond acceptors (Lipinski definition) is 5. The van der Waals surface area contributed by atoms with Crippen molar-refractivity contribution in [1.29, 1.82) is 0 Å². The first kappa shape index (κ1) is 15.2. The predicted octanol–water partition coefficient (Wildman–Crippen LogP) is 1.04. The van der Waals surface area contributed by atoms with Crippen LogP contribution < -0.4 is 10.2 Å². The van der Waals surface area contributed by atoms with Crippen LogP contribution in [-0.4, -0.2) is 55.6 Å². The van der Waals surface area contributed by atoms with Gasteiger partial charge in [0.2, 0.25) is 0 Å². The van der Waals surface area contributed by atoms with Gasteiger partial charge >= 0.3 is 0 Å². The summed E-state index contributed by atoms with van der Waals surface area (Å²) in [6.45, 7) is 3.34. The molecule has 1 aliphatic heterocycles. The number of ether oxygens (including phenoxy) is 1. The Hall–Kier alpha value is -1.17. The van der Waals surface area contributed by atoms with Gasteiger partial charge < -0.3 is 20.1 Å². The molecule has 1 aromatic heterocycles. The summed E-state index contributed by atoms with van der Waals surface area (Å²) in [4.78, 5) is 6.72.